The average Bonchev–Trinajstić information content (AvgIpc) is 3.54. The molecule has 0 aliphatic carbocycles. The van der Waals surface area contributed by atoms with Crippen LogP contribution in [-0.2, 0) is 13.5 Å². The van der Waals surface area contributed by atoms with Crippen molar-refractivity contribution in [3.8, 4) is 22.7 Å². The molecule has 4 aromatic rings. The number of fused-ring (bicyclic) bond motifs is 4. The van der Waals surface area contributed by atoms with E-state index in [2.05, 4.69) is 10.1 Å². The van der Waals surface area contributed by atoms with Crippen LogP contribution in [0, 0.1) is 17.5 Å². The topological polar surface area (TPSA) is 78.1 Å². The van der Waals surface area contributed by atoms with Crippen LogP contribution in [0.5, 0.6) is 5.75 Å². The van der Waals surface area contributed by atoms with Gasteiger partial charge >= 0.3 is 0 Å². The van der Waals surface area contributed by atoms with Crippen LogP contribution in [-0.4, -0.2) is 48.5 Å². The molecule has 1 fully saturated rings. The van der Waals surface area contributed by atoms with Gasteiger partial charge in [0.25, 0.3) is 5.91 Å². The third kappa shape index (κ3) is 3.68. The molecule has 2 bridgehead atoms. The van der Waals surface area contributed by atoms with Crippen LogP contribution in [0.4, 0.5) is 13.2 Å². The molecule has 2 aromatic heterocycles. The number of aryl methyl sites for hydroxylation is 1. The summed E-state index contributed by atoms with van der Waals surface area (Å²) >= 11 is 0. The van der Waals surface area contributed by atoms with Crippen LogP contribution in [0.25, 0.3) is 16.9 Å². The quantitative estimate of drug-likeness (QED) is 0.382. The summed E-state index contributed by atoms with van der Waals surface area (Å²) in [5.74, 6) is -3.66. The van der Waals surface area contributed by atoms with E-state index in [-0.39, 0.29) is 23.6 Å². The van der Waals surface area contributed by atoms with Gasteiger partial charge in [-0.15, -0.1) is 0 Å². The number of halogens is 3. The normalized spacial score (nSPS) is 18.6. The van der Waals surface area contributed by atoms with E-state index in [1.54, 1.807) is 29.9 Å². The Balaban J connectivity index is 1.45. The molecule has 2 atom stereocenters. The predicted octanol–water partition coefficient (Wildman–Crippen LogP) is 4.39. The van der Waals surface area contributed by atoms with Crippen LogP contribution >= 0.6 is 0 Å². The van der Waals surface area contributed by atoms with Gasteiger partial charge in [-0.25, -0.2) is 22.8 Å². The van der Waals surface area contributed by atoms with E-state index in [4.69, 9.17) is 9.84 Å². The monoisotopic (exact) mass is 508 g/mol. The number of piperidine rings is 1. The number of carbonyl (C=O) groups excluding carboxylic acids is 1. The molecule has 2 aliphatic rings. The molecule has 2 aliphatic heterocycles. The molecule has 4 heterocycles. The molecule has 1 amide bonds. The predicted molar refractivity (Wildman–Crippen MR) is 127 cm³/mol. The first kappa shape index (κ1) is 23.3. The van der Waals surface area contributed by atoms with E-state index >= 15 is 0 Å². The van der Waals surface area contributed by atoms with Crippen LogP contribution in [0.3, 0.4) is 0 Å². The number of hydrogen-bond acceptors (Lipinski definition) is 5. The highest BCUT2D eigenvalue weighted by atomic mass is 19.2. The SMILES string of the molecule is COc1ccc(-n2cncn2)c(C(=O)N2C3CCCC2c2nn(C)c(-c4cc(F)c(F)c(F)c4)c2C3)c1. The zero-order chi connectivity index (χ0) is 25.8. The van der Waals surface area contributed by atoms with Crippen LogP contribution in [0.1, 0.15) is 46.9 Å². The third-order valence-electron chi connectivity index (χ3n) is 7.27. The fourth-order valence-corrected chi connectivity index (χ4v) is 5.69. The van der Waals surface area contributed by atoms with Crippen molar-refractivity contribution in [3.63, 3.8) is 0 Å². The molecule has 0 spiro atoms. The number of carbonyl (C=O) groups is 1. The Kier molecular flexibility index (Phi) is 5.50. The first-order valence-corrected chi connectivity index (χ1v) is 11.9. The Bertz CT molecular complexity index is 1490. The fraction of sp³-hybridized carbons (Fsp3) is 0.308. The maximum absolute atomic E-state index is 14.1. The molecule has 0 saturated carbocycles. The summed E-state index contributed by atoms with van der Waals surface area (Å²) in [6.45, 7) is 0. The second-order valence-electron chi connectivity index (χ2n) is 9.33. The summed E-state index contributed by atoms with van der Waals surface area (Å²) in [5, 5.41) is 8.89. The number of benzene rings is 2. The number of hydrogen-bond donors (Lipinski definition) is 0. The maximum atomic E-state index is 14.1. The first-order valence-electron chi connectivity index (χ1n) is 11.9. The van der Waals surface area contributed by atoms with Gasteiger partial charge in [-0.05, 0) is 56.0 Å². The lowest BCUT2D eigenvalue weighted by molar-refractivity contribution is 0.0391. The van der Waals surface area contributed by atoms with Crippen molar-refractivity contribution in [2.75, 3.05) is 7.11 Å². The number of aromatic nitrogens is 5. The Morgan fingerprint density at radius 3 is 2.59 bits per heavy atom. The zero-order valence-corrected chi connectivity index (χ0v) is 20.2. The molecule has 2 aromatic carbocycles. The third-order valence-corrected chi connectivity index (χ3v) is 7.27. The van der Waals surface area contributed by atoms with Crippen molar-refractivity contribution >= 4 is 5.91 Å². The Hall–Kier alpha value is -4.15. The van der Waals surface area contributed by atoms with Gasteiger partial charge in [-0.2, -0.15) is 10.2 Å². The summed E-state index contributed by atoms with van der Waals surface area (Å²) < 4.78 is 50.3. The molecular weight excluding hydrogens is 485 g/mol. The minimum absolute atomic E-state index is 0.147. The Morgan fingerprint density at radius 1 is 1.11 bits per heavy atom. The van der Waals surface area contributed by atoms with Crippen molar-refractivity contribution in [2.45, 2.75) is 37.8 Å². The minimum Gasteiger partial charge on any atom is -0.497 e. The summed E-state index contributed by atoms with van der Waals surface area (Å²) in [6.07, 6.45) is 5.77. The Morgan fingerprint density at radius 2 is 1.89 bits per heavy atom. The van der Waals surface area contributed by atoms with E-state index in [1.165, 1.54) is 24.4 Å². The highest BCUT2D eigenvalue weighted by Gasteiger charge is 2.44. The average molecular weight is 509 g/mol. The lowest BCUT2D eigenvalue weighted by Gasteiger charge is -2.45. The van der Waals surface area contributed by atoms with Gasteiger partial charge in [0, 0.05) is 24.2 Å². The molecule has 37 heavy (non-hydrogen) atoms. The fourth-order valence-electron chi connectivity index (χ4n) is 5.69. The summed E-state index contributed by atoms with van der Waals surface area (Å²) in [7, 11) is 3.23. The molecule has 0 N–H and O–H groups in total. The molecule has 1 saturated heterocycles. The highest BCUT2D eigenvalue weighted by molar-refractivity contribution is 5.99. The maximum Gasteiger partial charge on any atom is 0.257 e. The van der Waals surface area contributed by atoms with Gasteiger partial charge in [-0.1, -0.05) is 0 Å². The van der Waals surface area contributed by atoms with Gasteiger partial charge in [0.15, 0.2) is 17.5 Å². The number of ether oxygens (including phenoxy) is 1. The van der Waals surface area contributed by atoms with E-state index in [1.807, 2.05) is 4.90 Å². The van der Waals surface area contributed by atoms with Crippen molar-refractivity contribution in [1.29, 1.82) is 0 Å². The number of methoxy groups -OCH3 is 1. The first-order chi connectivity index (χ1) is 17.9. The second kappa shape index (κ2) is 8.75. The molecule has 8 nitrogen and oxygen atoms in total. The largest absolute Gasteiger partial charge is 0.497 e. The van der Waals surface area contributed by atoms with Crippen molar-refractivity contribution in [1.82, 2.24) is 29.4 Å². The second-order valence-corrected chi connectivity index (χ2v) is 9.33. The highest BCUT2D eigenvalue weighted by Crippen LogP contribution is 2.45. The lowest BCUT2D eigenvalue weighted by atomic mass is 9.81. The van der Waals surface area contributed by atoms with Gasteiger partial charge in [-0.3, -0.25) is 9.48 Å². The smallest absolute Gasteiger partial charge is 0.257 e. The van der Waals surface area contributed by atoms with E-state index in [9.17, 15) is 18.0 Å². The van der Waals surface area contributed by atoms with Crippen LogP contribution < -0.4 is 4.74 Å². The van der Waals surface area contributed by atoms with Crippen molar-refractivity contribution < 1.29 is 22.7 Å². The molecule has 190 valence electrons. The zero-order valence-electron chi connectivity index (χ0n) is 20.2. The van der Waals surface area contributed by atoms with Gasteiger partial charge in [0.05, 0.1) is 35.8 Å². The molecule has 11 heteroatoms. The molecule has 0 radical (unpaired) electrons. The van der Waals surface area contributed by atoms with Crippen molar-refractivity contribution in [3.05, 3.63) is 77.3 Å². The van der Waals surface area contributed by atoms with E-state index < -0.39 is 17.5 Å². The number of rotatable bonds is 4. The minimum atomic E-state index is -1.50. The van der Waals surface area contributed by atoms with E-state index in [0.29, 0.717) is 41.2 Å². The van der Waals surface area contributed by atoms with Gasteiger partial charge < -0.3 is 9.64 Å². The molecule has 6 rings (SSSR count). The van der Waals surface area contributed by atoms with Gasteiger partial charge in [0.2, 0.25) is 0 Å². The summed E-state index contributed by atoms with van der Waals surface area (Å²) in [6, 6.07) is 6.73. The van der Waals surface area contributed by atoms with E-state index in [0.717, 1.165) is 30.5 Å². The Labute approximate surface area is 210 Å². The van der Waals surface area contributed by atoms with Crippen LogP contribution in [0.15, 0.2) is 43.0 Å². The molecular formula is C26H23F3N6O2. The summed E-state index contributed by atoms with van der Waals surface area (Å²) in [5.41, 5.74) is 3.26. The summed E-state index contributed by atoms with van der Waals surface area (Å²) in [4.78, 5) is 20.0. The van der Waals surface area contributed by atoms with Crippen molar-refractivity contribution in [2.24, 2.45) is 7.05 Å². The number of nitrogens with zero attached hydrogens (tertiary/aromatic N) is 6. The lowest BCUT2D eigenvalue weighted by Crippen LogP contribution is -2.50. The molecule has 2 unspecified atom stereocenters. The standard InChI is InChI=1S/C26H23F3N6O2/c1-33-25(14-8-19(27)23(29)20(28)9-14)18-10-15-4-3-5-22(24(18)32-33)35(15)26(36)17-11-16(37-2)6-7-21(17)34-13-30-12-31-34/h6-9,11-13,15,22H,3-5,10H2,1-2H3. The number of amides is 1. The van der Waals surface area contributed by atoms with Gasteiger partial charge in [0.1, 0.15) is 18.4 Å². The van der Waals surface area contributed by atoms with Crippen LogP contribution in [0.2, 0.25) is 0 Å².